The second kappa shape index (κ2) is 3.37. The molecular weight excluding hydrogens is 136 g/mol. The van der Waals surface area contributed by atoms with Crippen molar-refractivity contribution >= 4 is 12.3 Å². The molecular formula is C6H7O2S+. The lowest BCUT2D eigenvalue weighted by molar-refractivity contribution is 0.532. The molecule has 0 radical (unpaired) electrons. The number of hydrogen-bond donors (Lipinski definition) is 1. The second-order valence-electron chi connectivity index (χ2n) is 1.49. The predicted octanol–water partition coefficient (Wildman–Crippen LogP) is 1.27. The summed E-state index contributed by atoms with van der Waals surface area (Å²) >= 11 is -0.0550. The molecule has 1 aromatic rings. The molecule has 0 amide bonds. The monoisotopic (exact) mass is 143 g/mol. The maximum absolute atomic E-state index is 8.27. The summed E-state index contributed by atoms with van der Waals surface area (Å²) in [5.74, 6) is 0.682. The lowest BCUT2D eigenvalue weighted by atomic mass is 10.3. The third-order valence-electron chi connectivity index (χ3n) is 0.889. The van der Waals surface area contributed by atoms with E-state index in [1.807, 2.05) is 18.2 Å². The molecule has 1 rings (SSSR count). The van der Waals surface area contributed by atoms with Gasteiger partial charge in [-0.15, -0.1) is 4.55 Å². The highest BCUT2D eigenvalue weighted by atomic mass is 32.2. The fourth-order valence-electron chi connectivity index (χ4n) is 0.528. The van der Waals surface area contributed by atoms with E-state index in [-0.39, 0.29) is 12.3 Å². The summed E-state index contributed by atoms with van der Waals surface area (Å²) < 4.78 is 13.0. The molecule has 0 atom stereocenters. The minimum Gasteiger partial charge on any atom is -0.251 e. The van der Waals surface area contributed by atoms with Crippen LogP contribution in [0.25, 0.3) is 0 Å². The number of para-hydroxylation sites is 1. The highest BCUT2D eigenvalue weighted by molar-refractivity contribution is 7.67. The lowest BCUT2D eigenvalue weighted by Gasteiger charge is -1.87. The molecule has 0 aliphatic carbocycles. The molecule has 0 aromatic heterocycles. The Kier molecular flexibility index (Phi) is 2.42. The van der Waals surface area contributed by atoms with Gasteiger partial charge in [0.25, 0.3) is 0 Å². The Balaban J connectivity index is 2.61. The van der Waals surface area contributed by atoms with Crippen molar-refractivity contribution < 1.29 is 8.74 Å². The summed E-state index contributed by atoms with van der Waals surface area (Å²) in [5.41, 5.74) is 0. The van der Waals surface area contributed by atoms with Gasteiger partial charge in [0.15, 0.2) is 5.75 Å². The van der Waals surface area contributed by atoms with Crippen molar-refractivity contribution in [1.82, 2.24) is 0 Å². The first-order chi connectivity index (χ1) is 4.43. The number of hydrogen-bond acceptors (Lipinski definition) is 2. The number of thiol groups is 1. The first kappa shape index (κ1) is 6.45. The van der Waals surface area contributed by atoms with E-state index >= 15 is 0 Å². The molecule has 0 aliphatic rings. The molecule has 0 saturated heterocycles. The maximum atomic E-state index is 8.27. The third kappa shape index (κ3) is 1.95. The molecule has 1 aromatic carbocycles. The molecule has 3 heteroatoms. The van der Waals surface area contributed by atoms with Crippen molar-refractivity contribution in [1.29, 1.82) is 0 Å². The van der Waals surface area contributed by atoms with Crippen LogP contribution in [0, 0.1) is 0 Å². The summed E-state index contributed by atoms with van der Waals surface area (Å²) in [7, 11) is 0. The number of benzene rings is 1. The van der Waals surface area contributed by atoms with E-state index in [4.69, 9.17) is 8.74 Å². The highest BCUT2D eigenvalue weighted by Crippen LogP contribution is 2.07. The van der Waals surface area contributed by atoms with Gasteiger partial charge < -0.3 is 0 Å². The van der Waals surface area contributed by atoms with Crippen LogP contribution in [0.5, 0.6) is 5.75 Å². The van der Waals surface area contributed by atoms with E-state index < -0.39 is 0 Å². The Bertz CT molecular complexity index is 164. The normalized spacial score (nSPS) is 9.00. The molecule has 2 nitrogen and oxygen atoms in total. The maximum Gasteiger partial charge on any atom is 0.346 e. The molecule has 0 fully saturated rings. The SMILES string of the molecule is O[SH+]Oc1ccccc1. The topological polar surface area (TPSA) is 29.5 Å². The minimum absolute atomic E-state index is 0.0550. The van der Waals surface area contributed by atoms with Gasteiger partial charge >= 0.3 is 12.3 Å². The summed E-state index contributed by atoms with van der Waals surface area (Å²) in [6.45, 7) is 0. The zero-order chi connectivity index (χ0) is 6.53. The quantitative estimate of drug-likeness (QED) is 0.499. The Morgan fingerprint density at radius 1 is 1.22 bits per heavy atom. The third-order valence-corrected chi connectivity index (χ3v) is 1.18. The van der Waals surface area contributed by atoms with Gasteiger partial charge in [0.2, 0.25) is 0 Å². The van der Waals surface area contributed by atoms with Crippen LogP contribution in [0.15, 0.2) is 30.3 Å². The van der Waals surface area contributed by atoms with E-state index in [0.29, 0.717) is 5.75 Å². The van der Waals surface area contributed by atoms with Gasteiger partial charge in [0, 0.05) is 0 Å². The van der Waals surface area contributed by atoms with Crippen LogP contribution >= 0.6 is 0 Å². The zero-order valence-electron chi connectivity index (χ0n) is 4.69. The average Bonchev–Trinajstić information content (AvgIpc) is 1.91. The van der Waals surface area contributed by atoms with Crippen molar-refractivity contribution in [2.75, 3.05) is 0 Å². The highest BCUT2D eigenvalue weighted by Gasteiger charge is 1.93. The van der Waals surface area contributed by atoms with Gasteiger partial charge in [0.05, 0.1) is 0 Å². The fraction of sp³-hybridized carbons (Fsp3) is 0. The van der Waals surface area contributed by atoms with Crippen molar-refractivity contribution in [2.45, 2.75) is 0 Å². The smallest absolute Gasteiger partial charge is 0.251 e. The van der Waals surface area contributed by atoms with Crippen LogP contribution < -0.4 is 4.18 Å². The first-order valence-electron chi connectivity index (χ1n) is 2.50. The standard InChI is InChI=1S/C6H6O2S/c7-9-8-6-4-2-1-3-5-6/h1-5,7H/p+1. The van der Waals surface area contributed by atoms with Gasteiger partial charge in [0.1, 0.15) is 0 Å². The Morgan fingerprint density at radius 2 is 1.89 bits per heavy atom. The molecule has 0 heterocycles. The van der Waals surface area contributed by atoms with Gasteiger partial charge in [-0.1, -0.05) is 18.2 Å². The Hall–Kier alpha value is -0.670. The van der Waals surface area contributed by atoms with E-state index in [1.54, 1.807) is 12.1 Å². The van der Waals surface area contributed by atoms with Crippen LogP contribution in [0.4, 0.5) is 0 Å². The summed E-state index contributed by atoms with van der Waals surface area (Å²) in [6.07, 6.45) is 0. The average molecular weight is 143 g/mol. The predicted molar refractivity (Wildman–Crippen MR) is 38.5 cm³/mol. The minimum atomic E-state index is -0.0550. The van der Waals surface area contributed by atoms with Crippen LogP contribution in [0.2, 0.25) is 0 Å². The van der Waals surface area contributed by atoms with E-state index in [0.717, 1.165) is 0 Å². The number of rotatable bonds is 2. The van der Waals surface area contributed by atoms with Crippen molar-refractivity contribution in [2.24, 2.45) is 0 Å². The largest absolute Gasteiger partial charge is 0.346 e. The van der Waals surface area contributed by atoms with Gasteiger partial charge in [-0.25, -0.2) is 0 Å². The molecule has 0 aliphatic heterocycles. The van der Waals surface area contributed by atoms with Gasteiger partial charge in [-0.3, -0.25) is 4.18 Å². The Morgan fingerprint density at radius 3 is 2.44 bits per heavy atom. The summed E-state index contributed by atoms with van der Waals surface area (Å²) in [6, 6.07) is 9.15. The van der Waals surface area contributed by atoms with Gasteiger partial charge in [-0.2, -0.15) is 0 Å². The molecule has 0 spiro atoms. The van der Waals surface area contributed by atoms with Crippen molar-refractivity contribution in [3.63, 3.8) is 0 Å². The van der Waals surface area contributed by atoms with Crippen LogP contribution in [0.1, 0.15) is 0 Å². The first-order valence-corrected chi connectivity index (χ1v) is 3.26. The van der Waals surface area contributed by atoms with Crippen LogP contribution in [-0.2, 0) is 12.3 Å². The zero-order valence-corrected chi connectivity index (χ0v) is 5.58. The molecule has 1 N–H and O–H groups in total. The molecule has 0 unspecified atom stereocenters. The molecule has 9 heavy (non-hydrogen) atoms. The van der Waals surface area contributed by atoms with E-state index in [2.05, 4.69) is 0 Å². The van der Waals surface area contributed by atoms with Gasteiger partial charge in [-0.05, 0) is 12.1 Å². The van der Waals surface area contributed by atoms with E-state index in [9.17, 15) is 0 Å². The Labute approximate surface area is 57.9 Å². The van der Waals surface area contributed by atoms with Crippen LogP contribution in [0.3, 0.4) is 0 Å². The van der Waals surface area contributed by atoms with Crippen molar-refractivity contribution in [3.8, 4) is 5.75 Å². The lowest BCUT2D eigenvalue weighted by Crippen LogP contribution is -1.87. The summed E-state index contributed by atoms with van der Waals surface area (Å²) in [4.78, 5) is 0. The molecule has 0 bridgehead atoms. The van der Waals surface area contributed by atoms with E-state index in [1.165, 1.54) is 0 Å². The molecule has 48 valence electrons. The van der Waals surface area contributed by atoms with Crippen LogP contribution in [-0.4, -0.2) is 4.55 Å². The molecule has 0 saturated carbocycles. The fourth-order valence-corrected chi connectivity index (χ4v) is 0.744. The summed E-state index contributed by atoms with van der Waals surface area (Å²) in [5, 5.41) is 0. The van der Waals surface area contributed by atoms with Crippen molar-refractivity contribution in [3.05, 3.63) is 30.3 Å². The second-order valence-corrected chi connectivity index (χ2v) is 1.83.